The van der Waals surface area contributed by atoms with Crippen LogP contribution in [0.1, 0.15) is 55.1 Å². The Morgan fingerprint density at radius 1 is 1.27 bits per heavy atom. The maximum absolute atomic E-state index is 12.1. The van der Waals surface area contributed by atoms with Crippen LogP contribution >= 0.6 is 0 Å². The van der Waals surface area contributed by atoms with Gasteiger partial charge in [0.25, 0.3) is 5.91 Å². The van der Waals surface area contributed by atoms with Gasteiger partial charge in [0, 0.05) is 51.2 Å². The standard InChI is InChI=1S/C23H34N6O/c1-4-5-11-26-22(30)20-8-6-19(7-9-20)15-27-23(24-3)28-13-10-18(2)21(16-28)29-14-12-25-17-29/h6-9,12,14,17-18,21H,4-5,10-11,13,15-16H2,1-3H3,(H,24,27)(H,26,30). The molecule has 2 heterocycles. The molecule has 7 nitrogen and oxygen atoms in total. The van der Waals surface area contributed by atoms with E-state index in [4.69, 9.17) is 0 Å². The summed E-state index contributed by atoms with van der Waals surface area (Å²) in [6, 6.07) is 8.17. The molecule has 0 bridgehead atoms. The third-order valence-corrected chi connectivity index (χ3v) is 5.82. The predicted octanol–water partition coefficient (Wildman–Crippen LogP) is 3.07. The van der Waals surface area contributed by atoms with Crippen LogP contribution in [0.5, 0.6) is 0 Å². The number of carbonyl (C=O) groups is 1. The average Bonchev–Trinajstić information content (AvgIpc) is 3.30. The Labute approximate surface area is 179 Å². The fraction of sp³-hybridized carbons (Fsp3) is 0.522. The van der Waals surface area contributed by atoms with E-state index in [9.17, 15) is 4.79 Å². The van der Waals surface area contributed by atoms with E-state index in [1.54, 1.807) is 0 Å². The van der Waals surface area contributed by atoms with Crippen molar-refractivity contribution in [3.8, 4) is 0 Å². The molecule has 1 fully saturated rings. The molecule has 0 saturated carbocycles. The molecule has 0 radical (unpaired) electrons. The van der Waals surface area contributed by atoms with Crippen molar-refractivity contribution in [2.45, 2.75) is 45.7 Å². The number of unbranched alkanes of at least 4 members (excludes halogenated alkanes) is 1. The number of carbonyl (C=O) groups excluding carboxylic acids is 1. The fourth-order valence-electron chi connectivity index (χ4n) is 3.86. The molecule has 1 aromatic heterocycles. The second-order valence-corrected chi connectivity index (χ2v) is 8.00. The summed E-state index contributed by atoms with van der Waals surface area (Å²) in [5.41, 5.74) is 1.82. The Morgan fingerprint density at radius 2 is 2.07 bits per heavy atom. The fourth-order valence-corrected chi connectivity index (χ4v) is 3.86. The smallest absolute Gasteiger partial charge is 0.251 e. The van der Waals surface area contributed by atoms with Gasteiger partial charge in [0.2, 0.25) is 0 Å². The van der Waals surface area contributed by atoms with Crippen molar-refractivity contribution in [3.05, 3.63) is 54.1 Å². The summed E-state index contributed by atoms with van der Waals surface area (Å²) in [4.78, 5) is 23.2. The first kappa shape index (κ1) is 21.9. The summed E-state index contributed by atoms with van der Waals surface area (Å²) >= 11 is 0. The minimum absolute atomic E-state index is 0.00764. The quantitative estimate of drug-likeness (QED) is 0.418. The summed E-state index contributed by atoms with van der Waals surface area (Å²) in [7, 11) is 1.83. The zero-order valence-corrected chi connectivity index (χ0v) is 18.3. The number of piperidine rings is 1. The molecule has 2 unspecified atom stereocenters. The molecule has 1 aliphatic rings. The van der Waals surface area contributed by atoms with Gasteiger partial charge in [-0.2, -0.15) is 0 Å². The van der Waals surface area contributed by atoms with Crippen molar-refractivity contribution in [1.29, 1.82) is 0 Å². The number of hydrogen-bond donors (Lipinski definition) is 2. The molecule has 2 atom stereocenters. The monoisotopic (exact) mass is 410 g/mol. The summed E-state index contributed by atoms with van der Waals surface area (Å²) in [5.74, 6) is 1.50. The number of guanidine groups is 1. The van der Waals surface area contributed by atoms with Gasteiger partial charge in [-0.25, -0.2) is 4.98 Å². The van der Waals surface area contributed by atoms with Crippen LogP contribution in [0.4, 0.5) is 0 Å². The third-order valence-electron chi connectivity index (χ3n) is 5.82. The first-order chi connectivity index (χ1) is 14.6. The van der Waals surface area contributed by atoms with Crippen molar-refractivity contribution in [2.75, 3.05) is 26.7 Å². The first-order valence-corrected chi connectivity index (χ1v) is 10.9. The molecule has 2 aromatic rings. The number of hydrogen-bond acceptors (Lipinski definition) is 3. The summed E-state index contributed by atoms with van der Waals surface area (Å²) < 4.78 is 2.20. The van der Waals surface area contributed by atoms with Crippen LogP contribution in [0.2, 0.25) is 0 Å². The average molecular weight is 411 g/mol. The predicted molar refractivity (Wildman–Crippen MR) is 120 cm³/mol. The number of nitrogens with one attached hydrogen (secondary N) is 2. The highest BCUT2D eigenvalue weighted by molar-refractivity contribution is 5.94. The van der Waals surface area contributed by atoms with E-state index in [2.05, 4.69) is 43.9 Å². The van der Waals surface area contributed by atoms with Crippen LogP contribution in [0.25, 0.3) is 0 Å². The number of rotatable bonds is 7. The Morgan fingerprint density at radius 3 is 2.73 bits per heavy atom. The van der Waals surface area contributed by atoms with Crippen molar-refractivity contribution in [3.63, 3.8) is 0 Å². The number of benzene rings is 1. The van der Waals surface area contributed by atoms with Gasteiger partial charge in [-0.1, -0.05) is 32.4 Å². The summed E-state index contributed by atoms with van der Waals surface area (Å²) in [6.07, 6.45) is 8.98. The van der Waals surface area contributed by atoms with Crippen molar-refractivity contribution < 1.29 is 4.79 Å². The molecular formula is C23H34N6O. The molecule has 2 N–H and O–H groups in total. The zero-order chi connectivity index (χ0) is 21.3. The summed E-state index contributed by atoms with van der Waals surface area (Å²) in [6.45, 7) is 7.72. The number of imidazole rings is 1. The Balaban J connectivity index is 1.54. The molecule has 1 aromatic carbocycles. The van der Waals surface area contributed by atoms with Crippen LogP contribution in [0.3, 0.4) is 0 Å². The SMILES string of the molecule is CCCCNC(=O)c1ccc(CNC(=NC)N2CCC(C)C(n3ccnc3)C2)cc1. The molecule has 1 amide bonds. The Hall–Kier alpha value is -2.83. The molecule has 0 spiro atoms. The van der Waals surface area contributed by atoms with Crippen molar-refractivity contribution in [1.82, 2.24) is 25.1 Å². The van der Waals surface area contributed by atoms with Gasteiger partial charge in [0.15, 0.2) is 5.96 Å². The van der Waals surface area contributed by atoms with Crippen LogP contribution < -0.4 is 10.6 Å². The number of amides is 1. The highest BCUT2D eigenvalue weighted by Gasteiger charge is 2.28. The normalized spacial score (nSPS) is 19.6. The van der Waals surface area contributed by atoms with Crippen molar-refractivity contribution in [2.24, 2.45) is 10.9 Å². The molecular weight excluding hydrogens is 376 g/mol. The number of likely N-dealkylation sites (tertiary alicyclic amines) is 1. The van der Waals surface area contributed by atoms with E-state index in [1.807, 2.05) is 50.0 Å². The second kappa shape index (κ2) is 10.8. The van der Waals surface area contributed by atoms with E-state index >= 15 is 0 Å². The molecule has 162 valence electrons. The van der Waals surface area contributed by atoms with Crippen LogP contribution in [0, 0.1) is 5.92 Å². The molecule has 0 aliphatic carbocycles. The maximum atomic E-state index is 12.1. The molecule has 1 saturated heterocycles. The van der Waals surface area contributed by atoms with E-state index in [0.717, 1.165) is 50.4 Å². The van der Waals surface area contributed by atoms with E-state index < -0.39 is 0 Å². The minimum atomic E-state index is -0.00764. The van der Waals surface area contributed by atoms with Crippen LogP contribution in [-0.2, 0) is 6.54 Å². The molecule has 1 aliphatic heterocycles. The van der Waals surface area contributed by atoms with Crippen LogP contribution in [-0.4, -0.2) is 53.0 Å². The van der Waals surface area contributed by atoms with E-state index in [0.29, 0.717) is 24.1 Å². The van der Waals surface area contributed by atoms with Gasteiger partial charge in [0.05, 0.1) is 12.4 Å². The topological polar surface area (TPSA) is 74.6 Å². The lowest BCUT2D eigenvalue weighted by Gasteiger charge is -2.39. The highest BCUT2D eigenvalue weighted by atomic mass is 16.1. The lowest BCUT2D eigenvalue weighted by atomic mass is 9.93. The summed E-state index contributed by atoms with van der Waals surface area (Å²) in [5, 5.41) is 6.43. The molecule has 3 rings (SSSR count). The number of aromatic nitrogens is 2. The lowest BCUT2D eigenvalue weighted by Crippen LogP contribution is -2.48. The number of nitrogens with zero attached hydrogens (tertiary/aromatic N) is 4. The first-order valence-electron chi connectivity index (χ1n) is 10.9. The minimum Gasteiger partial charge on any atom is -0.352 e. The third kappa shape index (κ3) is 5.62. The Bertz CT molecular complexity index is 815. The molecule has 30 heavy (non-hydrogen) atoms. The number of aliphatic imine (C=N–C) groups is 1. The van der Waals surface area contributed by atoms with Gasteiger partial charge in [-0.05, 0) is 36.5 Å². The second-order valence-electron chi connectivity index (χ2n) is 8.00. The van der Waals surface area contributed by atoms with Gasteiger partial charge < -0.3 is 20.1 Å². The maximum Gasteiger partial charge on any atom is 0.251 e. The van der Waals surface area contributed by atoms with Gasteiger partial charge in [-0.15, -0.1) is 0 Å². The van der Waals surface area contributed by atoms with Crippen LogP contribution in [0.15, 0.2) is 48.0 Å². The highest BCUT2D eigenvalue weighted by Crippen LogP contribution is 2.27. The van der Waals surface area contributed by atoms with Gasteiger partial charge >= 0.3 is 0 Å². The largest absolute Gasteiger partial charge is 0.352 e. The van der Waals surface area contributed by atoms with E-state index in [1.165, 1.54) is 0 Å². The van der Waals surface area contributed by atoms with Crippen molar-refractivity contribution >= 4 is 11.9 Å². The Kier molecular flexibility index (Phi) is 7.88. The van der Waals surface area contributed by atoms with Gasteiger partial charge in [-0.3, -0.25) is 9.79 Å². The van der Waals surface area contributed by atoms with Gasteiger partial charge in [0.1, 0.15) is 0 Å². The lowest BCUT2D eigenvalue weighted by molar-refractivity contribution is 0.0953. The zero-order valence-electron chi connectivity index (χ0n) is 18.3. The molecule has 7 heteroatoms. The van der Waals surface area contributed by atoms with E-state index in [-0.39, 0.29) is 5.91 Å².